The van der Waals surface area contributed by atoms with Gasteiger partial charge in [0.1, 0.15) is 17.6 Å². The van der Waals surface area contributed by atoms with Gasteiger partial charge in [-0.3, -0.25) is 9.59 Å². The second-order valence-electron chi connectivity index (χ2n) is 28.4. The number of Topliss-reactive ketones (excluding diaryl/α,β-unsaturated/α-hetero) is 2. The number of carbonyl (C=O) groups is 2. The van der Waals surface area contributed by atoms with Gasteiger partial charge in [0.15, 0.2) is 5.78 Å². The van der Waals surface area contributed by atoms with Crippen LogP contribution < -0.4 is 16.4 Å². The highest BCUT2D eigenvalue weighted by atomic mass is 16.6. The second-order valence-corrected chi connectivity index (χ2v) is 28.4. The van der Waals surface area contributed by atoms with Gasteiger partial charge in [-0.15, -0.1) is 0 Å². The Morgan fingerprint density at radius 3 is 2.40 bits per heavy atom. The molecule has 2 saturated heterocycles. The Kier molecular flexibility index (Phi) is 13.8. The van der Waals surface area contributed by atoms with E-state index in [1.165, 1.54) is 62.5 Å². The molecule has 0 radical (unpaired) electrons. The number of nitrogen functional groups attached to an aromatic ring is 1. The zero-order chi connectivity index (χ0) is 52.3. The van der Waals surface area contributed by atoms with Crippen LogP contribution in [0, 0.1) is 63.1 Å². The normalized spacial score (nSPS) is 44.6. The molecule has 7 N–H and O–H groups in total. The van der Waals surface area contributed by atoms with Crippen molar-refractivity contribution in [2.24, 2.45) is 63.1 Å². The minimum atomic E-state index is -0.865. The summed E-state index contributed by atoms with van der Waals surface area (Å²) in [6.45, 7) is 10.3. The van der Waals surface area contributed by atoms with Gasteiger partial charge < -0.3 is 36.4 Å². The quantitative estimate of drug-likeness (QED) is 0.106. The third-order valence-corrected chi connectivity index (χ3v) is 24.5. The number of fused-ring (bicyclic) bond motifs is 2. The number of anilines is 1. The Balaban J connectivity index is 0.988. The molecule has 17 atom stereocenters. The van der Waals surface area contributed by atoms with Crippen LogP contribution in [0.4, 0.5) is 5.69 Å². The molecule has 0 amide bonds. The number of hydrogen-bond acceptors (Lipinski definition) is 9. The molecule has 2 heterocycles. The molecule has 0 unspecified atom stereocenters. The van der Waals surface area contributed by atoms with E-state index in [9.17, 15) is 15.3 Å². The molecule has 2 aromatic carbocycles. The van der Waals surface area contributed by atoms with Gasteiger partial charge in [-0.1, -0.05) is 108 Å². The van der Waals surface area contributed by atoms with Crippen molar-refractivity contribution in [2.75, 3.05) is 19.3 Å². The summed E-state index contributed by atoms with van der Waals surface area (Å²) in [6.07, 6.45) is 24.6. The summed E-state index contributed by atoms with van der Waals surface area (Å²) in [7, 11) is 1.95. The van der Waals surface area contributed by atoms with E-state index in [1.807, 2.05) is 32.2 Å². The number of benzene rings is 2. The van der Waals surface area contributed by atoms with Crippen LogP contribution in [-0.4, -0.2) is 69.9 Å². The zero-order valence-electron chi connectivity index (χ0n) is 46.7. The number of ketones is 2. The average Bonchev–Trinajstić information content (AvgIpc) is 3.69. The van der Waals surface area contributed by atoms with Gasteiger partial charge in [-0.05, 0) is 209 Å². The number of phenolic OH excluding ortho intramolecular Hbond substituents is 1. The number of epoxide rings is 1. The van der Waals surface area contributed by atoms with E-state index >= 15 is 9.59 Å². The molecule has 2 aromatic rings. The summed E-state index contributed by atoms with van der Waals surface area (Å²) in [6, 6.07) is 14.4. The second kappa shape index (κ2) is 19.6. The molecular weight excluding hydrogens is 931 g/mol. The molecule has 6 saturated carbocycles. The van der Waals surface area contributed by atoms with Crippen LogP contribution in [0.5, 0.6) is 5.75 Å². The van der Waals surface area contributed by atoms with Crippen molar-refractivity contribution in [1.29, 1.82) is 0 Å². The summed E-state index contributed by atoms with van der Waals surface area (Å²) in [5, 5.41) is 44.0. The molecule has 4 bridgehead atoms. The maximum Gasteiger partial charge on any atom is 0.160 e. The lowest BCUT2D eigenvalue weighted by atomic mass is 9.30. The number of aliphatic hydroxyl groups excluding tert-OH is 1. The Morgan fingerprint density at radius 1 is 0.827 bits per heavy atom. The number of aliphatic hydroxyl groups is 2. The average molecular weight is 1030 g/mol. The first-order chi connectivity index (χ1) is 36.0. The van der Waals surface area contributed by atoms with Crippen LogP contribution in [0.25, 0.3) is 0 Å². The van der Waals surface area contributed by atoms with Crippen molar-refractivity contribution in [3.63, 3.8) is 0 Å². The largest absolute Gasteiger partial charge is 0.508 e. The lowest BCUT2D eigenvalue weighted by Gasteiger charge is -2.74. The SMILES string of the molecule is CNCc1cc(O)cc([C@H]2C[C@@]3(C4CCCCC4)[C@H]4CCC5=C6C(=O)C[C@]5(C)[C@@]4(CCC[C@@H]4CCCC[C@@H]4[C@@H]6C[C@@H](O)[C@H]4O[C@]4(C)[C@H]4CCC[C@@H]4c4cccc(N)c4)C[C@@H]4NC[C@@](C)(O)CCCC[C@@](C)(C2=O)[C@H]43)c1. The fourth-order valence-electron chi connectivity index (χ4n) is 21.6. The maximum atomic E-state index is 16.2. The number of β-amino-alcohol motifs (C(OH)–C–C–N with tert-alkyl or cyclic N) is 1. The Hall–Kier alpha value is -3.08. The van der Waals surface area contributed by atoms with E-state index in [4.69, 9.17) is 10.5 Å². The van der Waals surface area contributed by atoms with E-state index in [0.29, 0.717) is 79.4 Å². The predicted molar refractivity (Wildman–Crippen MR) is 297 cm³/mol. The summed E-state index contributed by atoms with van der Waals surface area (Å²) in [4.78, 5) is 32.1. The van der Waals surface area contributed by atoms with Gasteiger partial charge in [0.2, 0.25) is 0 Å². The fourth-order valence-corrected chi connectivity index (χ4v) is 21.6. The van der Waals surface area contributed by atoms with Crippen molar-refractivity contribution in [2.45, 2.75) is 236 Å². The highest BCUT2D eigenvalue weighted by molar-refractivity contribution is 6.01. The van der Waals surface area contributed by atoms with Crippen molar-refractivity contribution >= 4 is 17.3 Å². The lowest BCUT2D eigenvalue weighted by molar-refractivity contribution is -0.233. The van der Waals surface area contributed by atoms with Gasteiger partial charge in [0.05, 0.1) is 17.3 Å². The van der Waals surface area contributed by atoms with Crippen LogP contribution in [0.15, 0.2) is 53.6 Å². The molecule has 10 aliphatic rings. The fraction of sp³-hybridized carbons (Fsp3) is 0.758. The first-order valence-electron chi connectivity index (χ1n) is 30.9. The minimum Gasteiger partial charge on any atom is -0.508 e. The summed E-state index contributed by atoms with van der Waals surface area (Å²) >= 11 is 0. The monoisotopic (exact) mass is 1030 g/mol. The first-order valence-corrected chi connectivity index (χ1v) is 30.9. The standard InChI is InChI=1S/C66H95N3O6/c1-61(74)27-11-12-28-62(2)58-53(69-39-61)36-65-29-15-18-41-16-9-10-22-47(41)49(34-54(71)60-64(4,75-60)51-24-14-23-48(51)42-17-13-21-45(67)32-42)57-52(63(65,3)37-55(57)72)25-26-56(65)66(58,44-19-7-6-8-20-44)35-50(59(62)73)43-30-40(38-68-5)31-46(70)33-43/h13,17,21,30-33,41,44,47-51,53-54,56,58,60,68-71,74H,6-12,14-16,18-20,22-29,34-39,67H2,1-5H3/t41-,47-,48+,49-,50+,51-,53-,54+,56-,58-,60+,61-,62+,63-,64+,65-,66+/m0/s1. The Morgan fingerprint density at radius 2 is 1.60 bits per heavy atom. The molecule has 9 nitrogen and oxygen atoms in total. The van der Waals surface area contributed by atoms with Gasteiger partial charge >= 0.3 is 0 Å². The molecular formula is C66H95N3O6. The van der Waals surface area contributed by atoms with Crippen molar-refractivity contribution in [3.8, 4) is 5.75 Å². The highest BCUT2D eigenvalue weighted by Crippen LogP contribution is 2.79. The molecule has 2 aliphatic heterocycles. The van der Waals surface area contributed by atoms with Crippen LogP contribution in [0.1, 0.15) is 217 Å². The van der Waals surface area contributed by atoms with E-state index in [2.05, 4.69) is 55.7 Å². The summed E-state index contributed by atoms with van der Waals surface area (Å²) < 4.78 is 6.83. The Labute approximate surface area is 450 Å². The minimum absolute atomic E-state index is 0.00132. The van der Waals surface area contributed by atoms with Gasteiger partial charge in [-0.25, -0.2) is 0 Å². The molecule has 9 heteroatoms. The van der Waals surface area contributed by atoms with E-state index in [0.717, 1.165) is 112 Å². The molecule has 75 heavy (non-hydrogen) atoms. The number of allylic oxidation sites excluding steroid dienone is 2. The number of nitrogens with one attached hydrogen (secondary N) is 2. The third-order valence-electron chi connectivity index (χ3n) is 24.5. The summed E-state index contributed by atoms with van der Waals surface area (Å²) in [5.41, 5.74) is 10.3. The lowest BCUT2D eigenvalue weighted by Crippen LogP contribution is -2.73. The molecule has 8 fully saturated rings. The number of rotatable bonds is 9. The van der Waals surface area contributed by atoms with Crippen molar-refractivity contribution in [1.82, 2.24) is 10.6 Å². The predicted octanol–water partition coefficient (Wildman–Crippen LogP) is 12.4. The molecule has 8 aliphatic carbocycles. The number of phenols is 1. The number of aromatic hydroxyl groups is 1. The highest BCUT2D eigenvalue weighted by Gasteiger charge is 2.76. The van der Waals surface area contributed by atoms with Crippen LogP contribution in [0.2, 0.25) is 0 Å². The molecule has 12 rings (SSSR count). The molecule has 1 spiro atoms. The molecule has 410 valence electrons. The first kappa shape index (κ1) is 52.6. The van der Waals surface area contributed by atoms with Gasteiger partial charge in [-0.2, -0.15) is 0 Å². The number of hydrogen-bond donors (Lipinski definition) is 6. The zero-order valence-corrected chi connectivity index (χ0v) is 46.7. The number of carbonyl (C=O) groups excluding carboxylic acids is 2. The number of nitrogens with two attached hydrogens (primary N) is 1. The molecule has 0 aromatic heterocycles. The van der Waals surface area contributed by atoms with Gasteiger partial charge in [0, 0.05) is 48.0 Å². The third kappa shape index (κ3) is 8.51. The van der Waals surface area contributed by atoms with Crippen molar-refractivity contribution < 1.29 is 29.6 Å². The number of ether oxygens (including phenoxy) is 1. The van der Waals surface area contributed by atoms with Crippen LogP contribution >= 0.6 is 0 Å². The smallest absolute Gasteiger partial charge is 0.160 e. The summed E-state index contributed by atoms with van der Waals surface area (Å²) in [5.74, 6) is 3.00. The van der Waals surface area contributed by atoms with Crippen LogP contribution in [-0.2, 0) is 20.9 Å². The Bertz CT molecular complexity index is 2530. The van der Waals surface area contributed by atoms with E-state index in [-0.39, 0.29) is 51.9 Å². The van der Waals surface area contributed by atoms with Crippen molar-refractivity contribution in [3.05, 3.63) is 70.3 Å². The van der Waals surface area contributed by atoms with E-state index in [1.54, 1.807) is 0 Å². The topological polar surface area (TPSA) is 157 Å². The van der Waals surface area contributed by atoms with Gasteiger partial charge in [0.25, 0.3) is 0 Å². The van der Waals surface area contributed by atoms with E-state index < -0.39 is 22.7 Å². The maximum absolute atomic E-state index is 16.2. The van der Waals surface area contributed by atoms with Crippen LogP contribution in [0.3, 0.4) is 0 Å².